The van der Waals surface area contributed by atoms with Crippen LogP contribution >= 0.6 is 0 Å². The van der Waals surface area contributed by atoms with E-state index in [9.17, 15) is 4.79 Å². The van der Waals surface area contributed by atoms with Gasteiger partial charge in [0.25, 0.3) is 0 Å². The van der Waals surface area contributed by atoms with Crippen LogP contribution in [0.25, 0.3) is 6.08 Å². The van der Waals surface area contributed by atoms with Crippen LogP contribution in [-0.4, -0.2) is 31.7 Å². The Kier molecular flexibility index (Phi) is 5.22. The van der Waals surface area contributed by atoms with Crippen molar-refractivity contribution in [3.05, 3.63) is 35.7 Å². The third-order valence-corrected chi connectivity index (χ3v) is 2.05. The maximum Gasteiger partial charge on any atom is 0.356 e. The maximum absolute atomic E-state index is 11.2. The minimum Gasteiger partial charge on any atom is -0.464 e. The zero-order valence-corrected chi connectivity index (χ0v) is 9.56. The lowest BCUT2D eigenvalue weighted by Crippen LogP contribution is -2.05. The van der Waals surface area contributed by atoms with Crippen LogP contribution in [0.5, 0.6) is 0 Å². The second kappa shape index (κ2) is 6.74. The first-order valence-electron chi connectivity index (χ1n) is 5.13. The summed E-state index contributed by atoms with van der Waals surface area (Å²) in [5.74, 6) is -0.412. The highest BCUT2D eigenvalue weighted by molar-refractivity contribution is 5.87. The normalized spacial score (nSPS) is 10.6. The fraction of sp³-hybridized carbons (Fsp3) is 0.333. The molecular weight excluding hydrogens is 204 g/mol. The summed E-state index contributed by atoms with van der Waals surface area (Å²) in [4.78, 5) is 15.2. The van der Waals surface area contributed by atoms with Crippen molar-refractivity contribution < 1.29 is 9.53 Å². The lowest BCUT2D eigenvalue weighted by molar-refractivity contribution is 0.0594. The Balaban J connectivity index is 2.67. The van der Waals surface area contributed by atoms with Gasteiger partial charge in [-0.25, -0.2) is 9.78 Å². The number of rotatable bonds is 5. The Hall–Kier alpha value is -1.68. The standard InChI is InChI=1S/C12H16N2O2/c1-13-7-4-3-5-10-6-8-14-11(9-10)12(15)16-2/h3,5-6,8-9,13H,4,7H2,1-2H3. The highest BCUT2D eigenvalue weighted by Gasteiger charge is 2.05. The topological polar surface area (TPSA) is 51.2 Å². The molecule has 0 amide bonds. The summed E-state index contributed by atoms with van der Waals surface area (Å²) < 4.78 is 4.60. The zero-order valence-electron chi connectivity index (χ0n) is 9.56. The van der Waals surface area contributed by atoms with Gasteiger partial charge in [0.2, 0.25) is 0 Å². The first kappa shape index (κ1) is 12.4. The Morgan fingerprint density at radius 2 is 2.44 bits per heavy atom. The van der Waals surface area contributed by atoms with Gasteiger partial charge >= 0.3 is 5.97 Å². The van der Waals surface area contributed by atoms with Crippen LogP contribution in [0.2, 0.25) is 0 Å². The van der Waals surface area contributed by atoms with E-state index in [-0.39, 0.29) is 0 Å². The summed E-state index contributed by atoms with van der Waals surface area (Å²) in [6.45, 7) is 0.936. The van der Waals surface area contributed by atoms with Crippen molar-refractivity contribution in [1.82, 2.24) is 10.3 Å². The quantitative estimate of drug-likeness (QED) is 0.603. The molecule has 0 atom stereocenters. The number of hydrogen-bond acceptors (Lipinski definition) is 4. The lowest BCUT2D eigenvalue weighted by atomic mass is 10.2. The van der Waals surface area contributed by atoms with Gasteiger partial charge in [0, 0.05) is 6.20 Å². The van der Waals surface area contributed by atoms with Crippen LogP contribution in [0, 0.1) is 0 Å². The van der Waals surface area contributed by atoms with Crippen LogP contribution in [0.1, 0.15) is 22.5 Å². The number of nitrogens with zero attached hydrogens (tertiary/aromatic N) is 1. The fourth-order valence-electron chi connectivity index (χ4n) is 1.21. The molecule has 1 aromatic rings. The number of hydrogen-bond donors (Lipinski definition) is 1. The Bertz CT molecular complexity index is 375. The monoisotopic (exact) mass is 220 g/mol. The summed E-state index contributed by atoms with van der Waals surface area (Å²) in [7, 11) is 3.26. The van der Waals surface area contributed by atoms with Crippen molar-refractivity contribution >= 4 is 12.0 Å². The Labute approximate surface area is 95.3 Å². The number of esters is 1. The number of methoxy groups -OCH3 is 1. The summed E-state index contributed by atoms with van der Waals surface area (Å²) in [6, 6.07) is 3.56. The van der Waals surface area contributed by atoms with Gasteiger partial charge in [-0.3, -0.25) is 0 Å². The van der Waals surface area contributed by atoms with Crippen LogP contribution in [0.4, 0.5) is 0 Å². The summed E-state index contributed by atoms with van der Waals surface area (Å²) in [5, 5.41) is 3.05. The van der Waals surface area contributed by atoms with E-state index in [1.807, 2.05) is 25.3 Å². The summed E-state index contributed by atoms with van der Waals surface area (Å²) >= 11 is 0. The molecule has 0 unspecified atom stereocenters. The van der Waals surface area contributed by atoms with E-state index in [1.165, 1.54) is 7.11 Å². The van der Waals surface area contributed by atoms with E-state index in [4.69, 9.17) is 0 Å². The van der Waals surface area contributed by atoms with Gasteiger partial charge in [-0.2, -0.15) is 0 Å². The average molecular weight is 220 g/mol. The molecule has 0 radical (unpaired) electrons. The van der Waals surface area contributed by atoms with Crippen molar-refractivity contribution in [3.8, 4) is 0 Å². The van der Waals surface area contributed by atoms with Crippen molar-refractivity contribution in [2.24, 2.45) is 0 Å². The van der Waals surface area contributed by atoms with Crippen LogP contribution in [0.3, 0.4) is 0 Å². The number of ether oxygens (including phenoxy) is 1. The Morgan fingerprint density at radius 1 is 1.62 bits per heavy atom. The van der Waals surface area contributed by atoms with Gasteiger partial charge in [-0.05, 0) is 37.7 Å². The van der Waals surface area contributed by atoms with E-state index in [2.05, 4.69) is 15.0 Å². The van der Waals surface area contributed by atoms with Gasteiger partial charge < -0.3 is 10.1 Å². The second-order valence-corrected chi connectivity index (χ2v) is 3.26. The first-order valence-corrected chi connectivity index (χ1v) is 5.13. The number of carbonyl (C=O) groups excluding carboxylic acids is 1. The van der Waals surface area contributed by atoms with Crippen molar-refractivity contribution in [2.75, 3.05) is 20.7 Å². The molecule has 4 nitrogen and oxygen atoms in total. The molecule has 1 heterocycles. The first-order chi connectivity index (χ1) is 7.77. The van der Waals surface area contributed by atoms with Crippen LogP contribution in [0.15, 0.2) is 24.4 Å². The van der Waals surface area contributed by atoms with E-state index in [0.29, 0.717) is 5.69 Å². The Morgan fingerprint density at radius 3 is 3.12 bits per heavy atom. The van der Waals surface area contributed by atoms with Crippen molar-refractivity contribution in [3.63, 3.8) is 0 Å². The molecule has 0 aliphatic carbocycles. The van der Waals surface area contributed by atoms with Crippen LogP contribution in [-0.2, 0) is 4.74 Å². The van der Waals surface area contributed by atoms with Gasteiger partial charge in [0.15, 0.2) is 0 Å². The van der Waals surface area contributed by atoms with E-state index >= 15 is 0 Å². The molecular formula is C12H16N2O2. The number of aromatic nitrogens is 1. The molecule has 0 spiro atoms. The molecule has 16 heavy (non-hydrogen) atoms. The number of carbonyl (C=O) groups is 1. The summed E-state index contributed by atoms with van der Waals surface area (Å²) in [6.07, 6.45) is 6.56. The minimum absolute atomic E-state index is 0.332. The molecule has 0 fully saturated rings. The third-order valence-electron chi connectivity index (χ3n) is 2.05. The molecule has 1 rings (SSSR count). The molecule has 0 aromatic carbocycles. The van der Waals surface area contributed by atoms with Crippen molar-refractivity contribution in [2.45, 2.75) is 6.42 Å². The number of nitrogens with one attached hydrogen (secondary N) is 1. The summed E-state index contributed by atoms with van der Waals surface area (Å²) in [5.41, 5.74) is 1.28. The van der Waals surface area contributed by atoms with Gasteiger partial charge in [0.05, 0.1) is 7.11 Å². The predicted molar refractivity (Wildman–Crippen MR) is 63.2 cm³/mol. The molecule has 0 saturated heterocycles. The number of pyridine rings is 1. The highest BCUT2D eigenvalue weighted by Crippen LogP contribution is 2.05. The fourth-order valence-corrected chi connectivity index (χ4v) is 1.21. The van der Waals surface area contributed by atoms with E-state index in [0.717, 1.165) is 18.5 Å². The predicted octanol–water partition coefficient (Wildman–Crippen LogP) is 1.49. The molecule has 0 aliphatic rings. The largest absolute Gasteiger partial charge is 0.464 e. The second-order valence-electron chi connectivity index (χ2n) is 3.26. The van der Waals surface area contributed by atoms with Crippen molar-refractivity contribution in [1.29, 1.82) is 0 Å². The zero-order chi connectivity index (χ0) is 11.8. The van der Waals surface area contributed by atoms with Crippen LogP contribution < -0.4 is 5.32 Å². The minimum atomic E-state index is -0.412. The SMILES string of the molecule is CNCCC=Cc1ccnc(C(=O)OC)c1. The average Bonchev–Trinajstić information content (AvgIpc) is 2.34. The molecule has 0 bridgehead atoms. The van der Waals surface area contributed by atoms with Gasteiger partial charge in [-0.15, -0.1) is 0 Å². The molecule has 86 valence electrons. The molecule has 4 heteroatoms. The van der Waals surface area contributed by atoms with E-state index in [1.54, 1.807) is 12.3 Å². The van der Waals surface area contributed by atoms with E-state index < -0.39 is 5.97 Å². The third kappa shape index (κ3) is 3.82. The van der Waals surface area contributed by atoms with Gasteiger partial charge in [0.1, 0.15) is 5.69 Å². The molecule has 0 saturated carbocycles. The van der Waals surface area contributed by atoms with Gasteiger partial charge in [-0.1, -0.05) is 12.2 Å². The molecule has 1 aromatic heterocycles. The lowest BCUT2D eigenvalue weighted by Gasteiger charge is -1.99. The molecule has 1 N–H and O–H groups in total. The highest BCUT2D eigenvalue weighted by atomic mass is 16.5. The maximum atomic E-state index is 11.2. The molecule has 0 aliphatic heterocycles. The smallest absolute Gasteiger partial charge is 0.356 e.